The quantitative estimate of drug-likeness (QED) is 0.225. The van der Waals surface area contributed by atoms with Crippen molar-refractivity contribution in [3.63, 3.8) is 0 Å². The van der Waals surface area contributed by atoms with E-state index in [2.05, 4.69) is 137 Å². The van der Waals surface area contributed by atoms with Gasteiger partial charge in [0.1, 0.15) is 5.58 Å². The van der Waals surface area contributed by atoms with Crippen LogP contribution in [0.15, 0.2) is 150 Å². The van der Waals surface area contributed by atoms with Crippen LogP contribution in [0.2, 0.25) is 0 Å². The topological polar surface area (TPSA) is 23.0 Å². The molecule has 0 atom stereocenters. The SMILES string of the molecule is c1ccc(-n2c3ccccc3c3cc(-c4ccc5c(c4)c4ccccc4n5-c4cc5ccccc5o4)ccc32)cc1. The summed E-state index contributed by atoms with van der Waals surface area (Å²) in [4.78, 5) is 0. The average Bonchev–Trinajstić information content (AvgIpc) is 3.70. The Labute approximate surface area is 236 Å². The predicted molar refractivity (Wildman–Crippen MR) is 170 cm³/mol. The Morgan fingerprint density at radius 2 is 0.927 bits per heavy atom. The normalized spacial score (nSPS) is 11.9. The number of nitrogens with zero attached hydrogens (tertiary/aromatic N) is 2. The van der Waals surface area contributed by atoms with Crippen molar-refractivity contribution >= 4 is 54.6 Å². The van der Waals surface area contributed by atoms with Crippen molar-refractivity contribution in [1.29, 1.82) is 0 Å². The van der Waals surface area contributed by atoms with E-state index >= 15 is 0 Å². The molecule has 3 heteroatoms. The van der Waals surface area contributed by atoms with Crippen LogP contribution in [0.1, 0.15) is 0 Å². The molecule has 0 saturated heterocycles. The van der Waals surface area contributed by atoms with E-state index in [0.717, 1.165) is 27.9 Å². The summed E-state index contributed by atoms with van der Waals surface area (Å²) in [6, 6.07) is 51.8. The van der Waals surface area contributed by atoms with Gasteiger partial charge < -0.3 is 8.98 Å². The summed E-state index contributed by atoms with van der Waals surface area (Å²) < 4.78 is 10.9. The maximum atomic E-state index is 6.33. The Hall–Kier alpha value is -5.54. The van der Waals surface area contributed by atoms with Gasteiger partial charge in [0.2, 0.25) is 5.88 Å². The van der Waals surface area contributed by atoms with E-state index in [1.165, 1.54) is 49.4 Å². The molecule has 0 unspecified atom stereocenters. The maximum absolute atomic E-state index is 6.33. The lowest BCUT2D eigenvalue weighted by molar-refractivity contribution is 0.590. The molecule has 3 aromatic heterocycles. The third kappa shape index (κ3) is 3.26. The number of aromatic nitrogens is 2. The predicted octanol–water partition coefficient (Wildman–Crippen LogP) is 10.3. The third-order valence-electron chi connectivity index (χ3n) is 8.33. The van der Waals surface area contributed by atoms with Gasteiger partial charge in [-0.3, -0.25) is 4.57 Å². The molecule has 3 nitrogen and oxygen atoms in total. The molecule has 0 aliphatic heterocycles. The van der Waals surface area contributed by atoms with Crippen molar-refractivity contribution < 1.29 is 4.42 Å². The molecule has 0 N–H and O–H groups in total. The zero-order valence-corrected chi connectivity index (χ0v) is 22.2. The average molecular weight is 525 g/mol. The minimum absolute atomic E-state index is 0.834. The summed E-state index contributed by atoms with van der Waals surface area (Å²) in [5.74, 6) is 0.834. The second kappa shape index (κ2) is 8.48. The van der Waals surface area contributed by atoms with Crippen LogP contribution in [0.4, 0.5) is 0 Å². The van der Waals surface area contributed by atoms with E-state index in [1.54, 1.807) is 0 Å². The molecule has 0 aliphatic carbocycles. The molecule has 9 rings (SSSR count). The van der Waals surface area contributed by atoms with E-state index in [4.69, 9.17) is 4.42 Å². The van der Waals surface area contributed by atoms with Crippen LogP contribution in [0.25, 0.3) is 77.3 Å². The van der Waals surface area contributed by atoms with Crippen molar-refractivity contribution in [3.05, 3.63) is 146 Å². The number of rotatable bonds is 3. The molecule has 0 amide bonds. The molecule has 0 fully saturated rings. The summed E-state index contributed by atoms with van der Waals surface area (Å²) in [7, 11) is 0. The second-order valence-electron chi connectivity index (χ2n) is 10.6. The van der Waals surface area contributed by atoms with Crippen molar-refractivity contribution in [2.24, 2.45) is 0 Å². The lowest BCUT2D eigenvalue weighted by Crippen LogP contribution is -1.92. The summed E-state index contributed by atoms with van der Waals surface area (Å²) in [6.45, 7) is 0. The largest absolute Gasteiger partial charge is 0.440 e. The summed E-state index contributed by atoms with van der Waals surface area (Å²) in [5.41, 5.74) is 9.17. The first-order valence-corrected chi connectivity index (χ1v) is 13.9. The van der Waals surface area contributed by atoms with Gasteiger partial charge in [0.25, 0.3) is 0 Å². The first-order valence-electron chi connectivity index (χ1n) is 13.9. The minimum Gasteiger partial charge on any atom is -0.440 e. The molecular formula is C38H24N2O. The van der Waals surface area contributed by atoms with Crippen LogP contribution >= 0.6 is 0 Å². The molecule has 0 bridgehead atoms. The monoisotopic (exact) mass is 524 g/mol. The molecule has 6 aromatic carbocycles. The highest BCUT2D eigenvalue weighted by Crippen LogP contribution is 2.38. The molecule has 41 heavy (non-hydrogen) atoms. The fraction of sp³-hybridized carbons (Fsp3) is 0. The van der Waals surface area contributed by atoms with Crippen molar-refractivity contribution in [1.82, 2.24) is 9.13 Å². The van der Waals surface area contributed by atoms with Crippen molar-refractivity contribution in [3.8, 4) is 22.7 Å². The molecule has 0 spiro atoms. The summed E-state index contributed by atoms with van der Waals surface area (Å²) in [5, 5.41) is 6.05. The van der Waals surface area contributed by atoms with Crippen LogP contribution in [-0.4, -0.2) is 9.13 Å². The Balaban J connectivity index is 1.26. The lowest BCUT2D eigenvalue weighted by atomic mass is 10.0. The van der Waals surface area contributed by atoms with Gasteiger partial charge in [0, 0.05) is 38.7 Å². The van der Waals surface area contributed by atoms with Gasteiger partial charge in [-0.25, -0.2) is 0 Å². The first kappa shape index (κ1) is 22.3. The van der Waals surface area contributed by atoms with E-state index in [9.17, 15) is 0 Å². The fourth-order valence-corrected chi connectivity index (χ4v) is 6.48. The highest BCUT2D eigenvalue weighted by molar-refractivity contribution is 6.12. The van der Waals surface area contributed by atoms with E-state index in [1.807, 2.05) is 18.2 Å². The van der Waals surface area contributed by atoms with Gasteiger partial charge in [-0.2, -0.15) is 0 Å². The molecular weight excluding hydrogens is 500 g/mol. The third-order valence-corrected chi connectivity index (χ3v) is 8.33. The van der Waals surface area contributed by atoms with Crippen LogP contribution in [0.5, 0.6) is 0 Å². The maximum Gasteiger partial charge on any atom is 0.205 e. The van der Waals surface area contributed by atoms with E-state index in [0.29, 0.717) is 0 Å². The first-order chi connectivity index (χ1) is 20.3. The lowest BCUT2D eigenvalue weighted by Gasteiger charge is -2.08. The van der Waals surface area contributed by atoms with Gasteiger partial charge in [-0.1, -0.05) is 84.9 Å². The summed E-state index contributed by atoms with van der Waals surface area (Å²) >= 11 is 0. The van der Waals surface area contributed by atoms with E-state index in [-0.39, 0.29) is 0 Å². The minimum atomic E-state index is 0.834. The molecule has 0 radical (unpaired) electrons. The standard InChI is InChI=1S/C38H24N2O/c1-2-11-28(12-3-1)39-33-15-7-5-13-29(33)31-22-25(18-20-35(31)39)26-19-21-36-32(23-26)30-14-6-8-16-34(30)40(36)38-24-27-10-4-9-17-37(27)41-38/h1-24H. The van der Waals surface area contributed by atoms with Gasteiger partial charge in [-0.15, -0.1) is 0 Å². The zero-order chi connectivity index (χ0) is 26.9. The van der Waals surface area contributed by atoms with Crippen LogP contribution < -0.4 is 0 Å². The van der Waals surface area contributed by atoms with Gasteiger partial charge in [0.15, 0.2) is 0 Å². The zero-order valence-electron chi connectivity index (χ0n) is 22.2. The fourth-order valence-electron chi connectivity index (χ4n) is 6.48. The summed E-state index contributed by atoms with van der Waals surface area (Å²) in [6.07, 6.45) is 0. The number of para-hydroxylation sites is 4. The Morgan fingerprint density at radius 1 is 0.390 bits per heavy atom. The van der Waals surface area contributed by atoms with Gasteiger partial charge in [-0.05, 0) is 65.7 Å². The Morgan fingerprint density at radius 3 is 1.61 bits per heavy atom. The molecule has 9 aromatic rings. The second-order valence-corrected chi connectivity index (χ2v) is 10.6. The molecule has 3 heterocycles. The highest BCUT2D eigenvalue weighted by atomic mass is 16.4. The molecule has 192 valence electrons. The van der Waals surface area contributed by atoms with Gasteiger partial charge >= 0.3 is 0 Å². The number of hydrogen-bond acceptors (Lipinski definition) is 1. The smallest absolute Gasteiger partial charge is 0.205 e. The van der Waals surface area contributed by atoms with Crippen LogP contribution in [0.3, 0.4) is 0 Å². The van der Waals surface area contributed by atoms with Crippen LogP contribution in [-0.2, 0) is 0 Å². The van der Waals surface area contributed by atoms with Gasteiger partial charge in [0.05, 0.1) is 22.1 Å². The van der Waals surface area contributed by atoms with Crippen molar-refractivity contribution in [2.45, 2.75) is 0 Å². The Bertz CT molecular complexity index is 2390. The molecule has 0 saturated carbocycles. The number of fused-ring (bicyclic) bond motifs is 7. The van der Waals surface area contributed by atoms with Crippen LogP contribution in [0, 0.1) is 0 Å². The number of furan rings is 1. The van der Waals surface area contributed by atoms with E-state index < -0.39 is 0 Å². The molecule has 0 aliphatic rings. The number of benzene rings is 6. The van der Waals surface area contributed by atoms with Crippen molar-refractivity contribution in [2.75, 3.05) is 0 Å². The Kier molecular flexibility index (Phi) is 4.61. The number of hydrogen-bond donors (Lipinski definition) is 0. The highest BCUT2D eigenvalue weighted by Gasteiger charge is 2.17.